The summed E-state index contributed by atoms with van der Waals surface area (Å²) in [5.74, 6) is 0. The van der Waals surface area contributed by atoms with Crippen molar-refractivity contribution in [2.45, 2.75) is 20.8 Å². The van der Waals surface area contributed by atoms with Gasteiger partial charge in [0, 0.05) is 5.38 Å². The summed E-state index contributed by atoms with van der Waals surface area (Å²) in [6, 6.07) is 8.32. The average Bonchev–Trinajstić information content (AvgIpc) is 2.73. The summed E-state index contributed by atoms with van der Waals surface area (Å²) in [4.78, 5) is 4.29. The highest BCUT2D eigenvalue weighted by molar-refractivity contribution is 7.13. The second-order valence-corrected chi connectivity index (χ2v) is 4.83. The van der Waals surface area contributed by atoms with E-state index in [0.717, 1.165) is 22.1 Å². The normalized spacial score (nSPS) is 11.6. The van der Waals surface area contributed by atoms with Gasteiger partial charge < -0.3 is 0 Å². The van der Waals surface area contributed by atoms with E-state index in [1.165, 1.54) is 5.56 Å². The minimum atomic E-state index is 0.828. The lowest BCUT2D eigenvalue weighted by molar-refractivity contribution is 1.21. The number of benzene rings is 1. The first-order chi connectivity index (χ1) is 8.15. The first-order valence-corrected chi connectivity index (χ1v) is 6.32. The van der Waals surface area contributed by atoms with Gasteiger partial charge in [0.05, 0.1) is 11.4 Å². The fourth-order valence-electron chi connectivity index (χ4n) is 1.40. The fourth-order valence-corrected chi connectivity index (χ4v) is 2.03. The Bertz CT molecular complexity index is 526. The molecule has 1 N–H and O–H groups in total. The van der Waals surface area contributed by atoms with Gasteiger partial charge in [-0.3, -0.25) is 5.43 Å². The number of anilines is 1. The van der Waals surface area contributed by atoms with Crippen LogP contribution in [0.15, 0.2) is 34.7 Å². The van der Waals surface area contributed by atoms with Crippen molar-refractivity contribution in [1.82, 2.24) is 4.98 Å². The topological polar surface area (TPSA) is 37.3 Å². The number of thiazole rings is 1. The molecule has 1 aromatic carbocycles. The summed E-state index contributed by atoms with van der Waals surface area (Å²) in [6.07, 6.45) is 0. The highest BCUT2D eigenvalue weighted by atomic mass is 32.1. The summed E-state index contributed by atoms with van der Waals surface area (Å²) < 4.78 is 0. The second kappa shape index (κ2) is 5.10. The number of rotatable bonds is 3. The van der Waals surface area contributed by atoms with E-state index < -0.39 is 0 Å². The minimum absolute atomic E-state index is 0.828. The molecular formula is C13H15N3S. The lowest BCUT2D eigenvalue weighted by Gasteiger charge is -2.01. The van der Waals surface area contributed by atoms with Crippen molar-refractivity contribution < 1.29 is 0 Å². The molecule has 0 saturated heterocycles. The van der Waals surface area contributed by atoms with Crippen LogP contribution in [0.25, 0.3) is 0 Å². The maximum Gasteiger partial charge on any atom is 0.203 e. The quantitative estimate of drug-likeness (QED) is 0.662. The van der Waals surface area contributed by atoms with Crippen LogP contribution in [-0.2, 0) is 0 Å². The Labute approximate surface area is 105 Å². The van der Waals surface area contributed by atoms with Crippen molar-refractivity contribution >= 4 is 22.2 Å². The summed E-state index contributed by atoms with van der Waals surface area (Å²) in [5, 5.41) is 7.15. The van der Waals surface area contributed by atoms with Crippen LogP contribution < -0.4 is 5.43 Å². The van der Waals surface area contributed by atoms with Crippen molar-refractivity contribution in [2.24, 2.45) is 5.10 Å². The lowest BCUT2D eigenvalue weighted by Crippen LogP contribution is -1.99. The van der Waals surface area contributed by atoms with Crippen LogP contribution in [-0.4, -0.2) is 10.7 Å². The molecule has 0 fully saturated rings. The second-order valence-electron chi connectivity index (χ2n) is 3.97. The molecule has 2 rings (SSSR count). The molecule has 1 aromatic heterocycles. The van der Waals surface area contributed by atoms with Gasteiger partial charge in [0.1, 0.15) is 0 Å². The third kappa shape index (κ3) is 3.14. The zero-order valence-electron chi connectivity index (χ0n) is 10.2. The van der Waals surface area contributed by atoms with Gasteiger partial charge >= 0.3 is 0 Å². The Kier molecular flexibility index (Phi) is 3.54. The molecule has 0 radical (unpaired) electrons. The van der Waals surface area contributed by atoms with Crippen LogP contribution in [0, 0.1) is 13.8 Å². The molecule has 17 heavy (non-hydrogen) atoms. The van der Waals surface area contributed by atoms with Gasteiger partial charge in [-0.1, -0.05) is 29.8 Å². The summed E-state index contributed by atoms with van der Waals surface area (Å²) in [7, 11) is 0. The van der Waals surface area contributed by atoms with E-state index in [1.807, 2.05) is 19.2 Å². The van der Waals surface area contributed by atoms with Crippen LogP contribution in [0.2, 0.25) is 0 Å². The molecule has 0 saturated carbocycles. The summed E-state index contributed by atoms with van der Waals surface area (Å²) >= 11 is 1.56. The molecule has 0 aliphatic carbocycles. The van der Waals surface area contributed by atoms with E-state index in [2.05, 4.69) is 46.7 Å². The van der Waals surface area contributed by atoms with E-state index in [1.54, 1.807) is 11.3 Å². The maximum atomic E-state index is 4.32. The molecule has 0 aliphatic heterocycles. The number of hydrazone groups is 1. The van der Waals surface area contributed by atoms with Gasteiger partial charge in [-0.15, -0.1) is 11.3 Å². The zero-order chi connectivity index (χ0) is 12.3. The molecule has 2 aromatic rings. The molecule has 0 bridgehead atoms. The summed E-state index contributed by atoms with van der Waals surface area (Å²) in [5.41, 5.74) is 7.32. The van der Waals surface area contributed by atoms with E-state index in [4.69, 9.17) is 0 Å². The SMILES string of the molecule is C/C(=N/Nc1nc(C)cs1)c1ccc(C)cc1. The molecule has 0 amide bonds. The van der Waals surface area contributed by atoms with Gasteiger partial charge in [-0.05, 0) is 26.3 Å². The van der Waals surface area contributed by atoms with E-state index in [-0.39, 0.29) is 0 Å². The van der Waals surface area contributed by atoms with E-state index >= 15 is 0 Å². The first kappa shape index (κ1) is 11.8. The molecule has 0 aliphatic rings. The maximum absolute atomic E-state index is 4.32. The molecule has 4 heteroatoms. The Hall–Kier alpha value is -1.68. The van der Waals surface area contributed by atoms with E-state index in [0.29, 0.717) is 0 Å². The largest absolute Gasteiger partial charge is 0.252 e. The first-order valence-electron chi connectivity index (χ1n) is 5.44. The Morgan fingerprint density at radius 2 is 1.94 bits per heavy atom. The zero-order valence-corrected chi connectivity index (χ0v) is 11.0. The Morgan fingerprint density at radius 1 is 1.24 bits per heavy atom. The monoisotopic (exact) mass is 245 g/mol. The molecular weight excluding hydrogens is 230 g/mol. The highest BCUT2D eigenvalue weighted by Gasteiger charge is 1.98. The number of hydrogen-bond donors (Lipinski definition) is 1. The van der Waals surface area contributed by atoms with Gasteiger partial charge in [-0.2, -0.15) is 5.10 Å². The van der Waals surface area contributed by atoms with Crippen LogP contribution in [0.4, 0.5) is 5.13 Å². The third-order valence-electron chi connectivity index (χ3n) is 2.41. The smallest absolute Gasteiger partial charge is 0.203 e. The predicted molar refractivity (Wildman–Crippen MR) is 73.9 cm³/mol. The molecule has 0 atom stereocenters. The molecule has 0 unspecified atom stereocenters. The molecule has 0 spiro atoms. The van der Waals surface area contributed by atoms with Crippen molar-refractivity contribution in [2.75, 3.05) is 5.43 Å². The number of aryl methyl sites for hydroxylation is 2. The van der Waals surface area contributed by atoms with Crippen LogP contribution >= 0.6 is 11.3 Å². The lowest BCUT2D eigenvalue weighted by atomic mass is 10.1. The van der Waals surface area contributed by atoms with Gasteiger partial charge in [0.15, 0.2) is 0 Å². The average molecular weight is 245 g/mol. The Balaban J connectivity index is 2.09. The van der Waals surface area contributed by atoms with Gasteiger partial charge in [0.25, 0.3) is 0 Å². The van der Waals surface area contributed by atoms with Crippen molar-refractivity contribution in [3.8, 4) is 0 Å². The standard InChI is InChI=1S/C13H15N3S/c1-9-4-6-12(7-5-9)11(3)15-16-13-14-10(2)8-17-13/h4-8H,1-3H3,(H,14,16)/b15-11-. The van der Waals surface area contributed by atoms with Crippen molar-refractivity contribution in [1.29, 1.82) is 0 Å². The number of nitrogens with one attached hydrogen (secondary N) is 1. The van der Waals surface area contributed by atoms with Gasteiger partial charge in [0.2, 0.25) is 5.13 Å². The summed E-state index contributed by atoms with van der Waals surface area (Å²) in [6.45, 7) is 6.03. The molecule has 88 valence electrons. The van der Waals surface area contributed by atoms with Gasteiger partial charge in [-0.25, -0.2) is 4.98 Å². The van der Waals surface area contributed by atoms with Crippen LogP contribution in [0.3, 0.4) is 0 Å². The number of nitrogens with zero attached hydrogens (tertiary/aromatic N) is 2. The predicted octanol–water partition coefficient (Wildman–Crippen LogP) is 3.60. The minimum Gasteiger partial charge on any atom is -0.252 e. The number of aromatic nitrogens is 1. The van der Waals surface area contributed by atoms with Crippen LogP contribution in [0.1, 0.15) is 23.7 Å². The van der Waals surface area contributed by atoms with Crippen molar-refractivity contribution in [3.63, 3.8) is 0 Å². The van der Waals surface area contributed by atoms with Crippen molar-refractivity contribution in [3.05, 3.63) is 46.5 Å². The van der Waals surface area contributed by atoms with Crippen LogP contribution in [0.5, 0.6) is 0 Å². The highest BCUT2D eigenvalue weighted by Crippen LogP contribution is 2.14. The number of hydrogen-bond acceptors (Lipinski definition) is 4. The molecule has 3 nitrogen and oxygen atoms in total. The third-order valence-corrected chi connectivity index (χ3v) is 3.27. The molecule has 1 heterocycles. The Morgan fingerprint density at radius 3 is 2.53 bits per heavy atom. The van der Waals surface area contributed by atoms with E-state index in [9.17, 15) is 0 Å². The fraction of sp³-hybridized carbons (Fsp3) is 0.231.